The summed E-state index contributed by atoms with van der Waals surface area (Å²) in [5.41, 5.74) is 0. The lowest BCUT2D eigenvalue weighted by Crippen LogP contribution is -2.03. The standard InChI is InChI=1S/C7H12Cl2/c1-2-5-3-6(8)4-7(5)9/h5-7H,2-4H2,1H3. The molecule has 1 saturated carbocycles. The second-order valence-corrected chi connectivity index (χ2v) is 3.93. The van der Waals surface area contributed by atoms with Crippen LogP contribution >= 0.6 is 23.2 Å². The number of hydrogen-bond donors (Lipinski definition) is 0. The summed E-state index contributed by atoms with van der Waals surface area (Å²) in [7, 11) is 0. The molecule has 2 heteroatoms. The molecule has 0 amide bonds. The van der Waals surface area contributed by atoms with Gasteiger partial charge in [0.1, 0.15) is 0 Å². The quantitative estimate of drug-likeness (QED) is 0.526. The highest BCUT2D eigenvalue weighted by Gasteiger charge is 2.29. The lowest BCUT2D eigenvalue weighted by molar-refractivity contribution is 0.537. The number of hydrogen-bond acceptors (Lipinski definition) is 0. The molecule has 0 aromatic heterocycles. The highest BCUT2D eigenvalue weighted by molar-refractivity contribution is 6.24. The van der Waals surface area contributed by atoms with Gasteiger partial charge in [0.15, 0.2) is 0 Å². The first-order valence-electron chi connectivity index (χ1n) is 3.52. The van der Waals surface area contributed by atoms with Gasteiger partial charge < -0.3 is 0 Å². The lowest BCUT2D eigenvalue weighted by Gasteiger charge is -2.07. The molecule has 0 radical (unpaired) electrons. The second kappa shape index (κ2) is 3.12. The summed E-state index contributed by atoms with van der Waals surface area (Å²) in [6.07, 6.45) is 3.30. The zero-order valence-corrected chi connectivity index (χ0v) is 7.12. The van der Waals surface area contributed by atoms with Crippen molar-refractivity contribution in [3.63, 3.8) is 0 Å². The zero-order valence-electron chi connectivity index (χ0n) is 5.61. The summed E-state index contributed by atoms with van der Waals surface area (Å²) in [6, 6.07) is 0. The molecule has 0 bridgehead atoms. The Morgan fingerprint density at radius 1 is 1.33 bits per heavy atom. The van der Waals surface area contributed by atoms with Crippen molar-refractivity contribution >= 4 is 23.2 Å². The molecule has 9 heavy (non-hydrogen) atoms. The van der Waals surface area contributed by atoms with Gasteiger partial charge in [0, 0.05) is 10.8 Å². The summed E-state index contributed by atoms with van der Waals surface area (Å²) in [5, 5.41) is 0.690. The third-order valence-electron chi connectivity index (χ3n) is 2.08. The minimum Gasteiger partial charge on any atom is -0.123 e. The molecule has 0 nitrogen and oxygen atoms in total. The van der Waals surface area contributed by atoms with Crippen LogP contribution < -0.4 is 0 Å². The molecule has 3 unspecified atom stereocenters. The van der Waals surface area contributed by atoms with Gasteiger partial charge in [-0.1, -0.05) is 13.3 Å². The summed E-state index contributed by atoms with van der Waals surface area (Å²) in [4.78, 5) is 0. The molecular weight excluding hydrogens is 155 g/mol. The second-order valence-electron chi connectivity index (χ2n) is 2.75. The summed E-state index contributed by atoms with van der Waals surface area (Å²) in [6.45, 7) is 2.18. The third-order valence-corrected chi connectivity index (χ3v) is 2.97. The van der Waals surface area contributed by atoms with Crippen molar-refractivity contribution in [3.05, 3.63) is 0 Å². The average Bonchev–Trinajstić information content (AvgIpc) is 2.10. The Balaban J connectivity index is 2.38. The van der Waals surface area contributed by atoms with E-state index in [1.807, 2.05) is 0 Å². The Labute approximate surface area is 66.5 Å². The first kappa shape index (κ1) is 7.68. The highest BCUT2D eigenvalue weighted by atomic mass is 35.5. The molecule has 0 N–H and O–H groups in total. The lowest BCUT2D eigenvalue weighted by atomic mass is 10.1. The molecule has 0 aromatic rings. The Bertz CT molecular complexity index is 92.9. The van der Waals surface area contributed by atoms with E-state index < -0.39 is 0 Å². The molecule has 0 heterocycles. The molecule has 0 aliphatic heterocycles. The number of alkyl halides is 2. The smallest absolute Gasteiger partial charge is 0.0378 e. The van der Waals surface area contributed by atoms with Crippen LogP contribution in [0.3, 0.4) is 0 Å². The number of halogens is 2. The average molecular weight is 167 g/mol. The van der Waals surface area contributed by atoms with Crippen molar-refractivity contribution in [1.82, 2.24) is 0 Å². The Morgan fingerprint density at radius 2 is 2.00 bits per heavy atom. The van der Waals surface area contributed by atoms with Crippen LogP contribution in [0.1, 0.15) is 26.2 Å². The first-order chi connectivity index (χ1) is 4.24. The van der Waals surface area contributed by atoms with Crippen LogP contribution in [0.4, 0.5) is 0 Å². The van der Waals surface area contributed by atoms with E-state index in [9.17, 15) is 0 Å². The monoisotopic (exact) mass is 166 g/mol. The Morgan fingerprint density at radius 3 is 2.22 bits per heavy atom. The minimum atomic E-state index is 0.345. The van der Waals surface area contributed by atoms with Gasteiger partial charge in [-0.05, 0) is 18.8 Å². The largest absolute Gasteiger partial charge is 0.123 e. The van der Waals surface area contributed by atoms with Crippen molar-refractivity contribution in [2.45, 2.75) is 36.9 Å². The van der Waals surface area contributed by atoms with Gasteiger partial charge in [-0.3, -0.25) is 0 Å². The van der Waals surface area contributed by atoms with Gasteiger partial charge in [-0.25, -0.2) is 0 Å². The van der Waals surface area contributed by atoms with Crippen molar-refractivity contribution in [3.8, 4) is 0 Å². The maximum absolute atomic E-state index is 5.99. The minimum absolute atomic E-state index is 0.345. The van der Waals surface area contributed by atoms with Crippen molar-refractivity contribution in [2.24, 2.45) is 5.92 Å². The number of rotatable bonds is 1. The topological polar surface area (TPSA) is 0 Å². The maximum atomic E-state index is 5.99. The van der Waals surface area contributed by atoms with Crippen molar-refractivity contribution in [2.75, 3.05) is 0 Å². The fourth-order valence-electron chi connectivity index (χ4n) is 1.43. The fourth-order valence-corrected chi connectivity index (χ4v) is 2.44. The van der Waals surface area contributed by atoms with E-state index in [1.54, 1.807) is 0 Å². The Hall–Kier alpha value is 0.580. The van der Waals surface area contributed by atoms with Crippen LogP contribution in [0.2, 0.25) is 0 Å². The normalized spacial score (nSPS) is 43.7. The van der Waals surface area contributed by atoms with Crippen molar-refractivity contribution < 1.29 is 0 Å². The predicted octanol–water partition coefficient (Wildman–Crippen LogP) is 3.02. The molecular formula is C7H12Cl2. The van der Waals surface area contributed by atoms with E-state index in [1.165, 1.54) is 6.42 Å². The van der Waals surface area contributed by atoms with Gasteiger partial charge in [0.2, 0.25) is 0 Å². The van der Waals surface area contributed by atoms with Crippen LogP contribution in [-0.4, -0.2) is 10.8 Å². The van der Waals surface area contributed by atoms with Gasteiger partial charge in [0.05, 0.1) is 0 Å². The van der Waals surface area contributed by atoms with Crippen LogP contribution in [0, 0.1) is 5.92 Å². The van der Waals surface area contributed by atoms with E-state index in [4.69, 9.17) is 23.2 Å². The van der Waals surface area contributed by atoms with E-state index in [0.717, 1.165) is 12.8 Å². The summed E-state index contributed by atoms with van der Waals surface area (Å²) in [5.74, 6) is 0.675. The van der Waals surface area contributed by atoms with Crippen LogP contribution in [0.5, 0.6) is 0 Å². The zero-order chi connectivity index (χ0) is 6.85. The predicted molar refractivity (Wildman–Crippen MR) is 42.3 cm³/mol. The highest BCUT2D eigenvalue weighted by Crippen LogP contribution is 2.35. The summed E-state index contributed by atoms with van der Waals surface area (Å²) >= 11 is 11.9. The molecule has 1 fully saturated rings. The van der Waals surface area contributed by atoms with Gasteiger partial charge in [-0.15, -0.1) is 23.2 Å². The molecule has 0 spiro atoms. The first-order valence-corrected chi connectivity index (χ1v) is 4.39. The fraction of sp³-hybridized carbons (Fsp3) is 1.00. The van der Waals surface area contributed by atoms with E-state index in [0.29, 0.717) is 16.7 Å². The summed E-state index contributed by atoms with van der Waals surface area (Å²) < 4.78 is 0. The molecule has 0 aromatic carbocycles. The van der Waals surface area contributed by atoms with Crippen LogP contribution in [0.15, 0.2) is 0 Å². The van der Waals surface area contributed by atoms with Gasteiger partial charge in [0.25, 0.3) is 0 Å². The third kappa shape index (κ3) is 1.75. The molecule has 3 atom stereocenters. The molecule has 1 aliphatic rings. The molecule has 0 saturated heterocycles. The maximum Gasteiger partial charge on any atom is 0.0378 e. The SMILES string of the molecule is CCC1CC(Cl)CC1Cl. The van der Waals surface area contributed by atoms with Crippen molar-refractivity contribution in [1.29, 1.82) is 0 Å². The van der Waals surface area contributed by atoms with Gasteiger partial charge >= 0.3 is 0 Å². The van der Waals surface area contributed by atoms with E-state index >= 15 is 0 Å². The van der Waals surface area contributed by atoms with Crippen LogP contribution in [-0.2, 0) is 0 Å². The molecule has 1 rings (SSSR count). The molecule has 54 valence electrons. The molecule has 1 aliphatic carbocycles. The van der Waals surface area contributed by atoms with E-state index in [2.05, 4.69) is 6.92 Å². The Kier molecular flexibility index (Phi) is 2.66. The van der Waals surface area contributed by atoms with Crippen LogP contribution in [0.25, 0.3) is 0 Å². The van der Waals surface area contributed by atoms with E-state index in [-0.39, 0.29) is 0 Å². The van der Waals surface area contributed by atoms with Gasteiger partial charge in [-0.2, -0.15) is 0 Å².